The van der Waals surface area contributed by atoms with E-state index in [0.29, 0.717) is 6.54 Å². The van der Waals surface area contributed by atoms with Crippen LogP contribution >= 0.6 is 12.4 Å². The van der Waals surface area contributed by atoms with Crippen LogP contribution in [0.15, 0.2) is 18.2 Å². The van der Waals surface area contributed by atoms with Gasteiger partial charge in [-0.05, 0) is 80.4 Å². The number of anilines is 1. The molecule has 2 unspecified atom stereocenters. The van der Waals surface area contributed by atoms with E-state index < -0.39 is 0 Å². The van der Waals surface area contributed by atoms with Crippen molar-refractivity contribution in [2.24, 2.45) is 11.8 Å². The van der Waals surface area contributed by atoms with Crippen LogP contribution in [-0.4, -0.2) is 43.5 Å². The molecule has 2 heterocycles. The summed E-state index contributed by atoms with van der Waals surface area (Å²) in [5, 5.41) is 6.56. The van der Waals surface area contributed by atoms with Gasteiger partial charge < -0.3 is 10.6 Å². The molecule has 2 N–H and O–H groups in total. The molecule has 3 aliphatic rings. The number of hydrogen-bond donors (Lipinski definition) is 2. The Morgan fingerprint density at radius 3 is 2.96 bits per heavy atom. The number of amides is 1. The van der Waals surface area contributed by atoms with E-state index in [1.807, 2.05) is 0 Å². The highest BCUT2D eigenvalue weighted by atomic mass is 35.5. The fraction of sp³-hybridized carbons (Fsp3) is 0.611. The van der Waals surface area contributed by atoms with Crippen LogP contribution in [0.5, 0.6) is 0 Å². The highest BCUT2D eigenvalue weighted by Gasteiger charge is 2.33. The molecule has 0 aromatic heterocycles. The lowest BCUT2D eigenvalue weighted by Crippen LogP contribution is -2.43. The first-order valence-corrected chi connectivity index (χ1v) is 8.62. The molecule has 126 valence electrons. The summed E-state index contributed by atoms with van der Waals surface area (Å²) >= 11 is 0. The van der Waals surface area contributed by atoms with E-state index in [-0.39, 0.29) is 18.3 Å². The molecule has 1 aromatic carbocycles. The smallest absolute Gasteiger partial charge is 0.238 e. The van der Waals surface area contributed by atoms with Gasteiger partial charge in [0.05, 0.1) is 6.54 Å². The number of carbonyl (C=O) groups is 1. The van der Waals surface area contributed by atoms with E-state index in [2.05, 4.69) is 33.7 Å². The SMILES string of the molecule is Cl.O=C(CN1CCC2CNCC2C1)Nc1ccc2c(c1)CCC2. The zero-order chi connectivity index (χ0) is 14.9. The average molecular weight is 336 g/mol. The van der Waals surface area contributed by atoms with E-state index in [0.717, 1.165) is 43.6 Å². The van der Waals surface area contributed by atoms with Crippen LogP contribution in [0.2, 0.25) is 0 Å². The van der Waals surface area contributed by atoms with Gasteiger partial charge in [0.2, 0.25) is 5.91 Å². The number of nitrogens with one attached hydrogen (secondary N) is 2. The summed E-state index contributed by atoms with van der Waals surface area (Å²) in [5.41, 5.74) is 3.83. The van der Waals surface area contributed by atoms with Crippen molar-refractivity contribution < 1.29 is 4.79 Å². The fourth-order valence-corrected chi connectivity index (χ4v) is 4.31. The van der Waals surface area contributed by atoms with Gasteiger partial charge in [0.1, 0.15) is 0 Å². The molecule has 1 aliphatic carbocycles. The van der Waals surface area contributed by atoms with Crippen molar-refractivity contribution in [1.82, 2.24) is 10.2 Å². The van der Waals surface area contributed by atoms with Gasteiger partial charge in [-0.2, -0.15) is 0 Å². The van der Waals surface area contributed by atoms with Crippen LogP contribution in [0.4, 0.5) is 5.69 Å². The molecule has 1 amide bonds. The summed E-state index contributed by atoms with van der Waals surface area (Å²) in [7, 11) is 0. The van der Waals surface area contributed by atoms with Crippen molar-refractivity contribution in [3.8, 4) is 0 Å². The first-order chi connectivity index (χ1) is 10.8. The number of likely N-dealkylation sites (tertiary alicyclic amines) is 1. The van der Waals surface area contributed by atoms with Gasteiger partial charge in [0, 0.05) is 12.2 Å². The third-order valence-corrected chi connectivity index (χ3v) is 5.54. The van der Waals surface area contributed by atoms with E-state index in [9.17, 15) is 4.79 Å². The van der Waals surface area contributed by atoms with Gasteiger partial charge in [0.15, 0.2) is 0 Å². The van der Waals surface area contributed by atoms with Crippen LogP contribution < -0.4 is 10.6 Å². The van der Waals surface area contributed by atoms with Gasteiger partial charge in [-0.3, -0.25) is 9.69 Å². The largest absolute Gasteiger partial charge is 0.325 e. The Hall–Kier alpha value is -1.10. The first kappa shape index (κ1) is 16.7. The summed E-state index contributed by atoms with van der Waals surface area (Å²) in [6.45, 7) is 4.93. The second-order valence-corrected chi connectivity index (χ2v) is 7.09. The Bertz CT molecular complexity index is 577. The molecule has 2 saturated heterocycles. The number of fused-ring (bicyclic) bond motifs is 2. The lowest BCUT2D eigenvalue weighted by atomic mass is 9.89. The highest BCUT2D eigenvalue weighted by Crippen LogP contribution is 2.27. The Morgan fingerprint density at radius 1 is 1.22 bits per heavy atom. The Morgan fingerprint density at radius 2 is 2.04 bits per heavy atom. The van der Waals surface area contributed by atoms with E-state index >= 15 is 0 Å². The van der Waals surface area contributed by atoms with Crippen molar-refractivity contribution in [1.29, 1.82) is 0 Å². The van der Waals surface area contributed by atoms with Crippen LogP contribution in [-0.2, 0) is 17.6 Å². The molecule has 1 aromatic rings. The molecule has 23 heavy (non-hydrogen) atoms. The Kier molecular flexibility index (Phi) is 5.24. The van der Waals surface area contributed by atoms with Crippen LogP contribution in [0, 0.1) is 11.8 Å². The van der Waals surface area contributed by atoms with Gasteiger partial charge in [-0.1, -0.05) is 6.07 Å². The number of hydrogen-bond acceptors (Lipinski definition) is 3. The number of rotatable bonds is 3. The minimum Gasteiger partial charge on any atom is -0.325 e. The highest BCUT2D eigenvalue weighted by molar-refractivity contribution is 5.92. The lowest BCUT2D eigenvalue weighted by Gasteiger charge is -2.33. The van der Waals surface area contributed by atoms with Crippen LogP contribution in [0.3, 0.4) is 0 Å². The summed E-state index contributed by atoms with van der Waals surface area (Å²) in [6.07, 6.45) is 4.82. The molecule has 2 atom stereocenters. The average Bonchev–Trinajstić information content (AvgIpc) is 3.14. The second kappa shape index (κ2) is 7.20. The van der Waals surface area contributed by atoms with E-state index in [4.69, 9.17) is 0 Å². The van der Waals surface area contributed by atoms with Crippen LogP contribution in [0.1, 0.15) is 24.0 Å². The minimum absolute atomic E-state index is 0. The maximum atomic E-state index is 12.3. The summed E-state index contributed by atoms with van der Waals surface area (Å²) in [6, 6.07) is 6.39. The summed E-state index contributed by atoms with van der Waals surface area (Å²) < 4.78 is 0. The van der Waals surface area contributed by atoms with Gasteiger partial charge >= 0.3 is 0 Å². The van der Waals surface area contributed by atoms with Crippen LogP contribution in [0.25, 0.3) is 0 Å². The van der Waals surface area contributed by atoms with Gasteiger partial charge in [-0.15, -0.1) is 12.4 Å². The molecule has 4 nitrogen and oxygen atoms in total. The lowest BCUT2D eigenvalue weighted by molar-refractivity contribution is -0.117. The number of nitrogens with zero attached hydrogens (tertiary/aromatic N) is 1. The monoisotopic (exact) mass is 335 g/mol. The standard InChI is InChI=1S/C18H25N3O.ClH/c22-18(12-21-7-6-15-9-19-10-16(15)11-21)20-17-5-4-13-2-1-3-14(13)8-17;/h4-5,8,15-16,19H,1-3,6-7,9-12H2,(H,20,22);1H. The minimum atomic E-state index is 0. The predicted octanol–water partition coefficient (Wildman–Crippen LogP) is 2.08. The Balaban J connectivity index is 0.00000156. The predicted molar refractivity (Wildman–Crippen MR) is 95.3 cm³/mol. The molecular weight excluding hydrogens is 310 g/mol. The molecule has 4 rings (SSSR count). The van der Waals surface area contributed by atoms with Crippen molar-refractivity contribution >= 4 is 24.0 Å². The zero-order valence-electron chi connectivity index (χ0n) is 13.5. The molecule has 2 aliphatic heterocycles. The maximum Gasteiger partial charge on any atom is 0.238 e. The molecular formula is C18H26ClN3O. The molecule has 5 heteroatoms. The van der Waals surface area contributed by atoms with Gasteiger partial charge in [-0.25, -0.2) is 0 Å². The maximum absolute atomic E-state index is 12.3. The summed E-state index contributed by atoms with van der Waals surface area (Å²) in [5.74, 6) is 1.69. The number of halogens is 1. The molecule has 0 saturated carbocycles. The number of benzene rings is 1. The summed E-state index contributed by atoms with van der Waals surface area (Å²) in [4.78, 5) is 14.6. The van der Waals surface area contributed by atoms with Crippen molar-refractivity contribution in [3.63, 3.8) is 0 Å². The zero-order valence-corrected chi connectivity index (χ0v) is 14.3. The number of piperidine rings is 1. The van der Waals surface area contributed by atoms with E-state index in [1.54, 1.807) is 0 Å². The number of aryl methyl sites for hydroxylation is 2. The topological polar surface area (TPSA) is 44.4 Å². The van der Waals surface area contributed by atoms with Gasteiger partial charge in [0.25, 0.3) is 0 Å². The van der Waals surface area contributed by atoms with E-state index in [1.165, 1.54) is 36.9 Å². The second-order valence-electron chi connectivity index (χ2n) is 7.09. The molecule has 0 bridgehead atoms. The van der Waals surface area contributed by atoms with Crippen molar-refractivity contribution in [2.75, 3.05) is 38.0 Å². The third kappa shape index (κ3) is 3.70. The normalized spacial score (nSPS) is 26.3. The quantitative estimate of drug-likeness (QED) is 0.889. The first-order valence-electron chi connectivity index (χ1n) is 8.62. The third-order valence-electron chi connectivity index (χ3n) is 5.54. The number of carbonyl (C=O) groups excluding carboxylic acids is 1. The molecule has 0 radical (unpaired) electrons. The molecule has 0 spiro atoms. The van der Waals surface area contributed by atoms with Crippen molar-refractivity contribution in [3.05, 3.63) is 29.3 Å². The Labute approximate surface area is 144 Å². The molecule has 2 fully saturated rings. The van der Waals surface area contributed by atoms with Crippen molar-refractivity contribution in [2.45, 2.75) is 25.7 Å². The fourth-order valence-electron chi connectivity index (χ4n) is 4.31.